The maximum Gasteiger partial charge on any atom is 0.253 e. The molecule has 5 unspecified atom stereocenters. The average molecular weight is 1170 g/mol. The highest BCUT2D eigenvalue weighted by molar-refractivity contribution is 5.87. The number of carbonyl (C=O) groups excluding carboxylic acids is 7. The molecule has 7 amide bonds. The van der Waals surface area contributed by atoms with Crippen molar-refractivity contribution in [3.05, 3.63) is 0 Å². The van der Waals surface area contributed by atoms with Gasteiger partial charge in [-0.3, -0.25) is 33.6 Å². The first-order valence-electron chi connectivity index (χ1n) is 29.6. The Kier molecular flexibility index (Phi) is 44.9. The summed E-state index contributed by atoms with van der Waals surface area (Å²) in [6.45, 7) is 35.2. The molecule has 1 heterocycles. The second kappa shape index (κ2) is 43.6. The van der Waals surface area contributed by atoms with Gasteiger partial charge >= 0.3 is 0 Å². The van der Waals surface area contributed by atoms with Gasteiger partial charge in [-0.25, -0.2) is 0 Å². The summed E-state index contributed by atoms with van der Waals surface area (Å²) in [4.78, 5) is 78.0. The number of rotatable bonds is 21. The Balaban J connectivity index is -0.000000427. The molecule has 3 aliphatic carbocycles. The van der Waals surface area contributed by atoms with Gasteiger partial charge in [-0.2, -0.15) is 0 Å². The van der Waals surface area contributed by atoms with Crippen molar-refractivity contribution in [1.29, 1.82) is 0 Å². The zero-order valence-electron chi connectivity index (χ0n) is 52.5. The SMILES string of the molecule is C.CC(C)NC(=O)C(O)C1CCC1.CC(C)NC(=O)C1(O)CCC1.CC(C)NC(=O)C1(O)CCNC1.CC1CC(O)(C(=O)NC(C)C)C1.CCC(O)C(=O)NC(C)C.CCCC(O)C(=O)NC(C)C.CCCCC(O)C(=O)NC(C)C. The van der Waals surface area contributed by atoms with E-state index in [9.17, 15) is 59.1 Å². The van der Waals surface area contributed by atoms with Gasteiger partial charge in [0, 0.05) is 48.8 Å². The molecule has 4 rings (SSSR count). The van der Waals surface area contributed by atoms with Crippen LogP contribution in [0.3, 0.4) is 0 Å². The van der Waals surface area contributed by atoms with E-state index in [0.717, 1.165) is 44.9 Å². The minimum Gasteiger partial charge on any atom is -0.383 e. The van der Waals surface area contributed by atoms with Crippen LogP contribution in [0, 0.1) is 11.8 Å². The van der Waals surface area contributed by atoms with E-state index in [4.69, 9.17) is 10.2 Å². The first-order chi connectivity index (χ1) is 36.9. The zero-order chi connectivity index (χ0) is 62.7. The van der Waals surface area contributed by atoms with E-state index >= 15 is 0 Å². The number of nitrogens with one attached hydrogen (secondary N) is 8. The first-order valence-corrected chi connectivity index (χ1v) is 29.6. The molecule has 15 N–H and O–H groups in total. The Morgan fingerprint density at radius 2 is 0.827 bits per heavy atom. The van der Waals surface area contributed by atoms with Crippen LogP contribution in [0.1, 0.15) is 228 Å². The maximum atomic E-state index is 11.4. The Labute approximate surface area is 488 Å². The van der Waals surface area contributed by atoms with Gasteiger partial charge in [-0.05, 0) is 186 Å². The van der Waals surface area contributed by atoms with Gasteiger partial charge in [0.05, 0.1) is 0 Å². The molecule has 3 saturated carbocycles. The quantitative estimate of drug-likeness (QED) is 0.0780. The maximum absolute atomic E-state index is 11.4. The summed E-state index contributed by atoms with van der Waals surface area (Å²) in [5.74, 6) is -0.999. The molecule has 22 heteroatoms. The van der Waals surface area contributed by atoms with Crippen molar-refractivity contribution in [3.63, 3.8) is 0 Å². The molecule has 81 heavy (non-hydrogen) atoms. The molecular formula is C59H120N8O14. The lowest BCUT2D eigenvalue weighted by Gasteiger charge is -2.40. The van der Waals surface area contributed by atoms with Crippen molar-refractivity contribution in [1.82, 2.24) is 42.5 Å². The second-order valence-electron chi connectivity index (χ2n) is 23.9. The summed E-state index contributed by atoms with van der Waals surface area (Å²) >= 11 is 0. The third kappa shape index (κ3) is 38.5. The monoisotopic (exact) mass is 1160 g/mol. The normalized spacial score (nSPS) is 20.7. The van der Waals surface area contributed by atoms with Crippen LogP contribution < -0.4 is 42.5 Å². The molecule has 0 radical (unpaired) electrons. The Morgan fingerprint density at radius 1 is 0.469 bits per heavy atom. The smallest absolute Gasteiger partial charge is 0.253 e. The summed E-state index contributed by atoms with van der Waals surface area (Å²) < 4.78 is 0. The predicted molar refractivity (Wildman–Crippen MR) is 320 cm³/mol. The number of aliphatic hydroxyl groups is 7. The number of carbonyl (C=O) groups is 7. The molecular weight excluding hydrogens is 1040 g/mol. The van der Waals surface area contributed by atoms with Gasteiger partial charge in [0.15, 0.2) is 5.60 Å². The van der Waals surface area contributed by atoms with E-state index in [1.165, 1.54) is 0 Å². The fourth-order valence-corrected chi connectivity index (χ4v) is 7.68. The number of hydrogen-bond acceptors (Lipinski definition) is 15. The van der Waals surface area contributed by atoms with Gasteiger partial charge in [0.1, 0.15) is 35.6 Å². The molecule has 4 fully saturated rings. The third-order valence-corrected chi connectivity index (χ3v) is 12.5. The van der Waals surface area contributed by atoms with E-state index in [1.807, 2.05) is 118 Å². The van der Waals surface area contributed by atoms with Crippen LogP contribution in [0.2, 0.25) is 0 Å². The molecule has 1 aliphatic heterocycles. The summed E-state index contributed by atoms with van der Waals surface area (Å²) in [5, 5.41) is 87.5. The van der Waals surface area contributed by atoms with Gasteiger partial charge in [-0.1, -0.05) is 60.8 Å². The van der Waals surface area contributed by atoms with Crippen LogP contribution in [0.5, 0.6) is 0 Å². The summed E-state index contributed by atoms with van der Waals surface area (Å²) in [6, 6.07) is 0.746. The van der Waals surface area contributed by atoms with Crippen LogP contribution >= 0.6 is 0 Å². The van der Waals surface area contributed by atoms with Gasteiger partial charge in [0.25, 0.3) is 17.7 Å². The molecule has 4 aliphatic rings. The number of amides is 7. The van der Waals surface area contributed by atoms with E-state index in [-0.39, 0.29) is 97.0 Å². The van der Waals surface area contributed by atoms with Crippen molar-refractivity contribution in [2.45, 2.75) is 312 Å². The fraction of sp³-hybridized carbons (Fsp3) is 0.881. The standard InChI is InChI=1S/2C9H17NO2.C9H19NO2.C8H16N2O2.C8H15NO2.C8H17NO2.C7H15NO2.CH4/c1-6(2)10-8(11)9(12)4-7(3)5-9;1-6(2)10-9(12)8(11)7-4-3-5-7;1-4-5-6-8(11)9(12)10-7(2)3;1-6(2)10-7(11)8(12)3-4-9-5-8;1-6(2)9-7(10)8(11)4-3-5-8;1-4-5-7(10)8(11)9-6(2)3;1-4-6(9)7(10)8-5(2)3;/h6-7,12H,4-5H2,1-3H3,(H,10,11);6-8,11H,3-5H2,1-2H3,(H,10,12);7-8,11H,4-6H2,1-3H3,(H,10,12);6,9,12H,3-5H2,1-2H3,(H,10,11);6,11H,3-5H2,1-2H3,(H,9,10);6-7,10H,4-5H2,1-3H3,(H,9,11);5-6,9H,4H2,1-3H3,(H,8,10);1H4. The van der Waals surface area contributed by atoms with Crippen LogP contribution in [0.15, 0.2) is 0 Å². The average Bonchev–Trinajstić information content (AvgIpc) is 3.76. The first kappa shape index (κ1) is 83.4. The largest absolute Gasteiger partial charge is 0.383 e. The Hall–Kier alpha value is -4.03. The van der Waals surface area contributed by atoms with Crippen molar-refractivity contribution < 1.29 is 69.3 Å². The molecule has 0 aromatic carbocycles. The summed E-state index contributed by atoms with van der Waals surface area (Å²) in [7, 11) is 0. The Bertz CT molecular complexity index is 1750. The van der Waals surface area contributed by atoms with Gasteiger partial charge in [0.2, 0.25) is 23.6 Å². The van der Waals surface area contributed by atoms with E-state index in [2.05, 4.69) is 42.5 Å². The molecule has 480 valence electrons. The Morgan fingerprint density at radius 3 is 1.11 bits per heavy atom. The van der Waals surface area contributed by atoms with E-state index in [0.29, 0.717) is 70.4 Å². The number of β-amino-alcohol motifs (C(OH)–C–C–N with tert-alkyl or cyclic N) is 1. The predicted octanol–water partition coefficient (Wildman–Crippen LogP) is 3.66. The molecule has 1 saturated heterocycles. The molecule has 0 bridgehead atoms. The lowest BCUT2D eigenvalue weighted by Crippen LogP contribution is -2.56. The topological polar surface area (TPSA) is 357 Å². The lowest BCUT2D eigenvalue weighted by molar-refractivity contribution is -0.154. The van der Waals surface area contributed by atoms with Crippen LogP contribution in [0.4, 0.5) is 0 Å². The summed E-state index contributed by atoms with van der Waals surface area (Å²) in [5.41, 5.74) is -3.28. The highest BCUT2D eigenvalue weighted by Gasteiger charge is 2.47. The van der Waals surface area contributed by atoms with Crippen LogP contribution in [-0.2, 0) is 33.6 Å². The van der Waals surface area contributed by atoms with Crippen molar-refractivity contribution >= 4 is 41.4 Å². The van der Waals surface area contributed by atoms with Crippen molar-refractivity contribution in [2.75, 3.05) is 13.1 Å². The number of unbranched alkanes of at least 4 members (excludes halogenated alkanes) is 1. The molecule has 5 atom stereocenters. The highest BCUT2D eigenvalue weighted by Crippen LogP contribution is 2.37. The van der Waals surface area contributed by atoms with Gasteiger partial charge in [-0.15, -0.1) is 0 Å². The minimum atomic E-state index is -1.18. The zero-order valence-corrected chi connectivity index (χ0v) is 52.5. The van der Waals surface area contributed by atoms with Gasteiger partial charge < -0.3 is 78.3 Å². The second-order valence-corrected chi connectivity index (χ2v) is 23.9. The van der Waals surface area contributed by atoms with Crippen molar-refractivity contribution in [2.24, 2.45) is 11.8 Å². The highest BCUT2D eigenvalue weighted by atomic mass is 16.3. The van der Waals surface area contributed by atoms with E-state index in [1.54, 1.807) is 6.92 Å². The fourth-order valence-electron chi connectivity index (χ4n) is 7.68. The lowest BCUT2D eigenvalue weighted by atomic mass is 9.71. The minimum absolute atomic E-state index is 0. The van der Waals surface area contributed by atoms with Crippen LogP contribution in [-0.4, -0.2) is 174 Å². The van der Waals surface area contributed by atoms with E-state index < -0.39 is 41.2 Å². The van der Waals surface area contributed by atoms with Crippen LogP contribution in [0.25, 0.3) is 0 Å². The van der Waals surface area contributed by atoms with Crippen molar-refractivity contribution in [3.8, 4) is 0 Å². The molecule has 0 aromatic heterocycles. The summed E-state index contributed by atoms with van der Waals surface area (Å²) in [6.07, 6.45) is 8.06. The molecule has 0 spiro atoms. The number of hydrogen-bond donors (Lipinski definition) is 15. The molecule has 0 aromatic rings. The third-order valence-electron chi connectivity index (χ3n) is 12.5. The molecule has 22 nitrogen and oxygen atoms in total. The number of aliphatic hydroxyl groups excluding tert-OH is 4.